The maximum Gasteiger partial charge on any atom is 0.272 e. The van der Waals surface area contributed by atoms with E-state index in [1.165, 1.54) is 5.56 Å². The zero-order valence-corrected chi connectivity index (χ0v) is 12.3. The van der Waals surface area contributed by atoms with Crippen LogP contribution in [0.4, 0.5) is 0 Å². The molecule has 0 bridgehead atoms. The van der Waals surface area contributed by atoms with E-state index in [9.17, 15) is 4.79 Å². The van der Waals surface area contributed by atoms with E-state index in [4.69, 9.17) is 0 Å². The Labute approximate surface area is 120 Å². The first kappa shape index (κ1) is 13.8. The number of nitrogens with zero attached hydrogens (tertiary/aromatic N) is 2. The summed E-state index contributed by atoms with van der Waals surface area (Å²) in [6, 6.07) is 11.9. The Kier molecular flexibility index (Phi) is 4.74. The standard InChI is InChI=1S/C14H16BrN3O/c1-18-8-7-13(17-18)14(19)16-12(10-15)9-11-5-3-2-4-6-11/h2-8,12H,9-10H2,1H3,(H,16,19). The summed E-state index contributed by atoms with van der Waals surface area (Å²) in [6.45, 7) is 0. The molecule has 19 heavy (non-hydrogen) atoms. The quantitative estimate of drug-likeness (QED) is 0.858. The topological polar surface area (TPSA) is 46.9 Å². The second-order valence-electron chi connectivity index (χ2n) is 4.39. The third kappa shape index (κ3) is 3.92. The summed E-state index contributed by atoms with van der Waals surface area (Å²) in [4.78, 5) is 12.0. The van der Waals surface area contributed by atoms with Crippen LogP contribution in [-0.2, 0) is 13.5 Å². The number of benzene rings is 1. The second-order valence-corrected chi connectivity index (χ2v) is 5.04. The molecular formula is C14H16BrN3O. The van der Waals surface area contributed by atoms with Crippen molar-refractivity contribution in [1.82, 2.24) is 15.1 Å². The maximum absolute atomic E-state index is 12.0. The molecule has 100 valence electrons. The Morgan fingerprint density at radius 1 is 1.37 bits per heavy atom. The second kappa shape index (κ2) is 6.52. The summed E-state index contributed by atoms with van der Waals surface area (Å²) in [5.41, 5.74) is 1.65. The highest BCUT2D eigenvalue weighted by Crippen LogP contribution is 2.06. The SMILES string of the molecule is Cn1ccc(C(=O)NC(CBr)Cc2ccccc2)n1. The number of aryl methyl sites for hydroxylation is 1. The van der Waals surface area contributed by atoms with Crippen molar-refractivity contribution < 1.29 is 4.79 Å². The van der Waals surface area contributed by atoms with Crippen molar-refractivity contribution in [3.63, 3.8) is 0 Å². The summed E-state index contributed by atoms with van der Waals surface area (Å²) >= 11 is 3.44. The van der Waals surface area contributed by atoms with Crippen LogP contribution >= 0.6 is 15.9 Å². The van der Waals surface area contributed by atoms with E-state index in [-0.39, 0.29) is 11.9 Å². The van der Waals surface area contributed by atoms with Crippen LogP contribution in [0, 0.1) is 0 Å². The van der Waals surface area contributed by atoms with E-state index in [2.05, 4.69) is 38.5 Å². The predicted octanol–water partition coefficient (Wildman–Crippen LogP) is 2.16. The summed E-state index contributed by atoms with van der Waals surface area (Å²) in [5, 5.41) is 7.79. The fraction of sp³-hybridized carbons (Fsp3) is 0.286. The fourth-order valence-electron chi connectivity index (χ4n) is 1.84. The number of carbonyl (C=O) groups excluding carboxylic acids is 1. The predicted molar refractivity (Wildman–Crippen MR) is 78.4 cm³/mol. The third-order valence-corrected chi connectivity index (χ3v) is 3.57. The molecule has 1 N–H and O–H groups in total. The average molecular weight is 322 g/mol. The molecule has 1 aromatic carbocycles. The molecule has 1 atom stereocenters. The molecule has 0 fully saturated rings. The van der Waals surface area contributed by atoms with E-state index in [1.807, 2.05) is 18.2 Å². The van der Waals surface area contributed by atoms with Crippen LogP contribution in [0.25, 0.3) is 0 Å². The third-order valence-electron chi connectivity index (χ3n) is 2.79. The maximum atomic E-state index is 12.0. The van der Waals surface area contributed by atoms with Gasteiger partial charge in [-0.2, -0.15) is 5.10 Å². The monoisotopic (exact) mass is 321 g/mol. The van der Waals surface area contributed by atoms with Crippen molar-refractivity contribution in [2.24, 2.45) is 7.05 Å². The first-order valence-corrected chi connectivity index (χ1v) is 7.21. The van der Waals surface area contributed by atoms with Gasteiger partial charge in [-0.25, -0.2) is 0 Å². The van der Waals surface area contributed by atoms with Gasteiger partial charge in [0.2, 0.25) is 0 Å². The number of halogens is 1. The minimum Gasteiger partial charge on any atom is -0.347 e. The Balaban J connectivity index is 1.97. The molecule has 0 spiro atoms. The molecule has 0 saturated heterocycles. The van der Waals surface area contributed by atoms with Crippen molar-refractivity contribution in [3.05, 3.63) is 53.9 Å². The summed E-state index contributed by atoms with van der Waals surface area (Å²) in [7, 11) is 1.79. The highest BCUT2D eigenvalue weighted by molar-refractivity contribution is 9.09. The van der Waals surface area contributed by atoms with Gasteiger partial charge in [0.1, 0.15) is 5.69 Å². The van der Waals surface area contributed by atoms with Crippen LogP contribution < -0.4 is 5.32 Å². The van der Waals surface area contributed by atoms with Crippen LogP contribution in [0.5, 0.6) is 0 Å². The van der Waals surface area contributed by atoms with Gasteiger partial charge in [0.25, 0.3) is 5.91 Å². The molecule has 0 saturated carbocycles. The Hall–Kier alpha value is -1.62. The van der Waals surface area contributed by atoms with E-state index < -0.39 is 0 Å². The lowest BCUT2D eigenvalue weighted by Gasteiger charge is -2.15. The number of hydrogen-bond donors (Lipinski definition) is 1. The number of nitrogens with one attached hydrogen (secondary N) is 1. The first-order valence-electron chi connectivity index (χ1n) is 6.09. The van der Waals surface area contributed by atoms with Gasteiger partial charge < -0.3 is 5.32 Å². The normalized spacial score (nSPS) is 12.1. The van der Waals surface area contributed by atoms with Crippen LogP contribution in [-0.4, -0.2) is 27.1 Å². The van der Waals surface area contributed by atoms with E-state index in [0.29, 0.717) is 11.0 Å². The largest absolute Gasteiger partial charge is 0.347 e. The molecule has 5 heteroatoms. The molecule has 1 heterocycles. The Morgan fingerprint density at radius 2 is 2.11 bits per heavy atom. The molecule has 1 aromatic heterocycles. The number of aromatic nitrogens is 2. The summed E-state index contributed by atoms with van der Waals surface area (Å²) in [6.07, 6.45) is 2.56. The lowest BCUT2D eigenvalue weighted by Crippen LogP contribution is -2.37. The van der Waals surface area contributed by atoms with Gasteiger partial charge in [-0.1, -0.05) is 46.3 Å². The van der Waals surface area contributed by atoms with E-state index >= 15 is 0 Å². The molecule has 2 aromatic rings. The smallest absolute Gasteiger partial charge is 0.272 e. The van der Waals surface area contributed by atoms with Crippen LogP contribution in [0.15, 0.2) is 42.6 Å². The van der Waals surface area contributed by atoms with Gasteiger partial charge in [0.05, 0.1) is 0 Å². The number of hydrogen-bond acceptors (Lipinski definition) is 2. The summed E-state index contributed by atoms with van der Waals surface area (Å²) in [5.74, 6) is -0.138. The number of carbonyl (C=O) groups is 1. The average Bonchev–Trinajstić information content (AvgIpc) is 2.86. The number of rotatable bonds is 5. The molecule has 0 radical (unpaired) electrons. The van der Waals surface area contributed by atoms with Crippen molar-refractivity contribution >= 4 is 21.8 Å². The van der Waals surface area contributed by atoms with Crippen LogP contribution in [0.1, 0.15) is 16.1 Å². The van der Waals surface area contributed by atoms with Gasteiger partial charge in [-0.05, 0) is 18.1 Å². The molecule has 0 aliphatic heterocycles. The van der Waals surface area contributed by atoms with E-state index in [0.717, 1.165) is 6.42 Å². The van der Waals surface area contributed by atoms with Gasteiger partial charge in [0.15, 0.2) is 0 Å². The lowest BCUT2D eigenvalue weighted by atomic mass is 10.1. The van der Waals surface area contributed by atoms with E-state index in [1.54, 1.807) is 24.0 Å². The molecule has 4 nitrogen and oxygen atoms in total. The Bertz CT molecular complexity index is 539. The number of amides is 1. The number of alkyl halides is 1. The molecule has 1 amide bonds. The van der Waals surface area contributed by atoms with Crippen molar-refractivity contribution in [2.45, 2.75) is 12.5 Å². The van der Waals surface area contributed by atoms with Crippen LogP contribution in [0.2, 0.25) is 0 Å². The van der Waals surface area contributed by atoms with Gasteiger partial charge in [-0.15, -0.1) is 0 Å². The van der Waals surface area contributed by atoms with Gasteiger partial charge in [-0.3, -0.25) is 9.48 Å². The van der Waals surface area contributed by atoms with Crippen LogP contribution in [0.3, 0.4) is 0 Å². The van der Waals surface area contributed by atoms with Crippen molar-refractivity contribution in [3.8, 4) is 0 Å². The lowest BCUT2D eigenvalue weighted by molar-refractivity contribution is 0.0935. The molecule has 1 unspecified atom stereocenters. The molecule has 0 aliphatic carbocycles. The van der Waals surface area contributed by atoms with Gasteiger partial charge >= 0.3 is 0 Å². The van der Waals surface area contributed by atoms with Crippen molar-refractivity contribution in [2.75, 3.05) is 5.33 Å². The van der Waals surface area contributed by atoms with Gasteiger partial charge in [0, 0.05) is 24.6 Å². The molecule has 0 aliphatic rings. The first-order chi connectivity index (χ1) is 9.19. The zero-order valence-electron chi connectivity index (χ0n) is 10.7. The highest BCUT2D eigenvalue weighted by Gasteiger charge is 2.15. The Morgan fingerprint density at radius 3 is 2.68 bits per heavy atom. The fourth-order valence-corrected chi connectivity index (χ4v) is 2.23. The highest BCUT2D eigenvalue weighted by atomic mass is 79.9. The minimum absolute atomic E-state index is 0.0527. The zero-order chi connectivity index (χ0) is 13.7. The summed E-state index contributed by atoms with van der Waals surface area (Å²) < 4.78 is 1.62. The molecule has 2 rings (SSSR count). The van der Waals surface area contributed by atoms with Crippen molar-refractivity contribution in [1.29, 1.82) is 0 Å². The molecular weight excluding hydrogens is 306 g/mol. The minimum atomic E-state index is -0.138.